The van der Waals surface area contributed by atoms with Crippen molar-refractivity contribution in [1.82, 2.24) is 19.5 Å². The molecule has 2 aromatic carbocycles. The molecule has 3 rings (SSSR count). The van der Waals surface area contributed by atoms with Gasteiger partial charge in [-0.3, -0.25) is 0 Å². The lowest BCUT2D eigenvalue weighted by Crippen LogP contribution is -2.28. The Morgan fingerprint density at radius 1 is 1.04 bits per heavy atom. The van der Waals surface area contributed by atoms with Gasteiger partial charge >= 0.3 is 0 Å². The average Bonchev–Trinajstić information content (AvgIpc) is 3.07. The first-order chi connectivity index (χ1) is 12.3. The summed E-state index contributed by atoms with van der Waals surface area (Å²) in [6, 6.07) is 11.0. The van der Waals surface area contributed by atoms with E-state index >= 15 is 0 Å². The number of hydrogen-bond donors (Lipinski definition) is 1. The van der Waals surface area contributed by atoms with E-state index in [9.17, 15) is 8.42 Å². The minimum absolute atomic E-state index is 0.356. The molecule has 1 N–H and O–H groups in total. The Morgan fingerprint density at radius 2 is 1.65 bits per heavy atom. The molecule has 0 aliphatic carbocycles. The van der Waals surface area contributed by atoms with Gasteiger partial charge in [-0.25, -0.2) is 22.8 Å². The summed E-state index contributed by atoms with van der Waals surface area (Å²) >= 11 is 0. The Hall–Kier alpha value is -2.51. The van der Waals surface area contributed by atoms with Crippen LogP contribution in [0, 0.1) is 20.8 Å². The first kappa shape index (κ1) is 18.3. The normalized spacial score (nSPS) is 12.9. The summed E-state index contributed by atoms with van der Waals surface area (Å²) in [5, 5.41) is 4.08. The number of nitrogens with one attached hydrogen (secondary N) is 1. The quantitative estimate of drug-likeness (QED) is 0.748. The van der Waals surface area contributed by atoms with E-state index in [0.29, 0.717) is 4.90 Å². The molecular weight excluding hydrogens is 348 g/mol. The molecule has 0 bridgehead atoms. The molecule has 26 heavy (non-hydrogen) atoms. The van der Waals surface area contributed by atoms with Crippen LogP contribution in [-0.4, -0.2) is 23.2 Å². The van der Waals surface area contributed by atoms with Crippen molar-refractivity contribution in [2.45, 2.75) is 38.6 Å². The second-order valence-corrected chi connectivity index (χ2v) is 8.15. The second kappa shape index (κ2) is 7.01. The highest BCUT2D eigenvalue weighted by atomic mass is 32.2. The molecule has 0 radical (unpaired) electrons. The van der Waals surface area contributed by atoms with Gasteiger partial charge in [0.15, 0.2) is 0 Å². The van der Waals surface area contributed by atoms with Crippen molar-refractivity contribution in [3.05, 3.63) is 71.3 Å². The van der Waals surface area contributed by atoms with Crippen LogP contribution in [0.3, 0.4) is 0 Å². The van der Waals surface area contributed by atoms with Crippen molar-refractivity contribution >= 4 is 10.0 Å². The van der Waals surface area contributed by atoms with Gasteiger partial charge < -0.3 is 0 Å². The third-order valence-electron chi connectivity index (χ3n) is 4.28. The van der Waals surface area contributed by atoms with Gasteiger partial charge in [0.25, 0.3) is 0 Å². The molecule has 1 aromatic heterocycles. The fourth-order valence-corrected chi connectivity index (χ4v) is 4.89. The summed E-state index contributed by atoms with van der Waals surface area (Å²) in [5.41, 5.74) is 4.30. The maximum Gasteiger partial charge on any atom is 0.241 e. The van der Waals surface area contributed by atoms with Crippen LogP contribution in [-0.2, 0) is 10.0 Å². The van der Waals surface area contributed by atoms with Crippen molar-refractivity contribution in [1.29, 1.82) is 0 Å². The lowest BCUT2D eigenvalue weighted by atomic mass is 10.1. The van der Waals surface area contributed by atoms with E-state index in [-0.39, 0.29) is 6.04 Å². The van der Waals surface area contributed by atoms with Gasteiger partial charge in [-0.2, -0.15) is 5.10 Å². The standard InChI is InChI=1S/C19H22N4O2S/c1-13-9-14(2)19(15(3)10-13)26(24,25)22-16(4)17-5-7-18(8-6-17)23-12-20-11-21-23/h5-12,16,22H,1-4H3. The van der Waals surface area contributed by atoms with Gasteiger partial charge in [0, 0.05) is 6.04 Å². The minimum Gasteiger partial charge on any atom is -0.223 e. The summed E-state index contributed by atoms with van der Waals surface area (Å²) in [6.45, 7) is 7.45. The third kappa shape index (κ3) is 3.68. The van der Waals surface area contributed by atoms with Crippen molar-refractivity contribution in [2.75, 3.05) is 0 Å². The Kier molecular flexibility index (Phi) is 4.93. The highest BCUT2D eigenvalue weighted by molar-refractivity contribution is 7.89. The minimum atomic E-state index is -3.62. The monoisotopic (exact) mass is 370 g/mol. The van der Waals surface area contributed by atoms with Gasteiger partial charge in [0.05, 0.1) is 10.6 Å². The van der Waals surface area contributed by atoms with Crippen molar-refractivity contribution < 1.29 is 8.42 Å². The lowest BCUT2D eigenvalue weighted by Gasteiger charge is -2.18. The SMILES string of the molecule is Cc1cc(C)c(S(=O)(=O)NC(C)c2ccc(-n3cncn3)cc2)c(C)c1. The smallest absolute Gasteiger partial charge is 0.223 e. The van der Waals surface area contributed by atoms with Gasteiger partial charge in [-0.15, -0.1) is 0 Å². The number of benzene rings is 2. The van der Waals surface area contributed by atoms with Crippen LogP contribution >= 0.6 is 0 Å². The molecule has 0 saturated heterocycles. The number of aromatic nitrogens is 3. The molecule has 136 valence electrons. The van der Waals surface area contributed by atoms with Gasteiger partial charge in [-0.05, 0) is 56.5 Å². The molecule has 0 saturated carbocycles. The Bertz CT molecular complexity index is 987. The fourth-order valence-electron chi connectivity index (χ4n) is 3.21. The molecule has 3 aromatic rings. The summed E-state index contributed by atoms with van der Waals surface area (Å²) in [4.78, 5) is 4.28. The maximum absolute atomic E-state index is 12.9. The summed E-state index contributed by atoms with van der Waals surface area (Å²) in [6.07, 6.45) is 3.08. The molecule has 0 aliphatic rings. The highest BCUT2D eigenvalue weighted by Crippen LogP contribution is 2.24. The third-order valence-corrected chi connectivity index (χ3v) is 6.13. The number of rotatable bonds is 5. The Balaban J connectivity index is 1.84. The van der Waals surface area contributed by atoms with Crippen molar-refractivity contribution in [2.24, 2.45) is 0 Å². The molecule has 0 fully saturated rings. The van der Waals surface area contributed by atoms with Gasteiger partial charge in [0.1, 0.15) is 12.7 Å². The average molecular weight is 370 g/mol. The molecule has 7 heteroatoms. The number of sulfonamides is 1. The van der Waals surface area contributed by atoms with Crippen LogP contribution in [0.2, 0.25) is 0 Å². The molecule has 0 spiro atoms. The van der Waals surface area contributed by atoms with Crippen LogP contribution in [0.5, 0.6) is 0 Å². The Morgan fingerprint density at radius 3 is 2.19 bits per heavy atom. The van der Waals surface area contributed by atoms with Crippen LogP contribution in [0.15, 0.2) is 53.9 Å². The van der Waals surface area contributed by atoms with E-state index < -0.39 is 10.0 Å². The second-order valence-electron chi connectivity index (χ2n) is 6.50. The largest absolute Gasteiger partial charge is 0.241 e. The van der Waals surface area contributed by atoms with E-state index in [2.05, 4.69) is 14.8 Å². The van der Waals surface area contributed by atoms with Gasteiger partial charge in [0.2, 0.25) is 10.0 Å². The van der Waals surface area contributed by atoms with Crippen LogP contribution in [0.4, 0.5) is 0 Å². The first-order valence-corrected chi connectivity index (χ1v) is 9.81. The molecular formula is C19H22N4O2S. The van der Waals surface area contributed by atoms with Crippen molar-refractivity contribution in [3.63, 3.8) is 0 Å². The fraction of sp³-hybridized carbons (Fsp3) is 0.263. The highest BCUT2D eigenvalue weighted by Gasteiger charge is 2.22. The van der Waals surface area contributed by atoms with E-state index in [4.69, 9.17) is 0 Å². The van der Waals surface area contributed by atoms with Crippen molar-refractivity contribution in [3.8, 4) is 5.69 Å². The topological polar surface area (TPSA) is 76.9 Å². The molecule has 0 amide bonds. The van der Waals surface area contributed by atoms with E-state index in [1.54, 1.807) is 11.0 Å². The zero-order valence-electron chi connectivity index (χ0n) is 15.3. The molecule has 0 aliphatic heterocycles. The van der Waals surface area contributed by atoms with Crippen LogP contribution in [0.25, 0.3) is 5.69 Å². The summed E-state index contributed by atoms with van der Waals surface area (Å²) < 4.78 is 30.2. The molecule has 1 atom stereocenters. The van der Waals surface area contributed by atoms with Gasteiger partial charge in [-0.1, -0.05) is 29.8 Å². The lowest BCUT2D eigenvalue weighted by molar-refractivity contribution is 0.565. The predicted octanol–water partition coefficient (Wildman–Crippen LogP) is 3.23. The van der Waals surface area contributed by atoms with Crippen LogP contribution in [0.1, 0.15) is 35.2 Å². The summed E-state index contributed by atoms with van der Waals surface area (Å²) in [7, 11) is -3.62. The number of aryl methyl sites for hydroxylation is 3. The van der Waals surface area contributed by atoms with E-state index in [0.717, 1.165) is 27.9 Å². The zero-order valence-corrected chi connectivity index (χ0v) is 16.1. The first-order valence-electron chi connectivity index (χ1n) is 8.33. The maximum atomic E-state index is 12.9. The zero-order chi connectivity index (χ0) is 18.9. The predicted molar refractivity (Wildman–Crippen MR) is 101 cm³/mol. The number of nitrogens with zero attached hydrogens (tertiary/aromatic N) is 3. The Labute approximate surface area is 154 Å². The molecule has 1 unspecified atom stereocenters. The summed E-state index contributed by atoms with van der Waals surface area (Å²) in [5.74, 6) is 0. The number of hydrogen-bond acceptors (Lipinski definition) is 4. The van der Waals surface area contributed by atoms with Crippen LogP contribution < -0.4 is 4.72 Å². The van der Waals surface area contributed by atoms with E-state index in [1.165, 1.54) is 6.33 Å². The molecule has 1 heterocycles. The van der Waals surface area contributed by atoms with E-state index in [1.807, 2.05) is 64.1 Å². The molecule has 6 nitrogen and oxygen atoms in total.